The van der Waals surface area contributed by atoms with Gasteiger partial charge >= 0.3 is 0 Å². The molecule has 188 valence electrons. The highest BCUT2D eigenvalue weighted by atomic mass is 16.5. The lowest BCUT2D eigenvalue weighted by molar-refractivity contribution is 0.0930. The third kappa shape index (κ3) is 4.51. The van der Waals surface area contributed by atoms with E-state index in [0.717, 1.165) is 78.0 Å². The van der Waals surface area contributed by atoms with E-state index < -0.39 is 5.54 Å². The highest BCUT2D eigenvalue weighted by molar-refractivity contribution is 5.98. The Labute approximate surface area is 216 Å². The predicted octanol–water partition coefficient (Wildman–Crippen LogP) is 4.87. The van der Waals surface area contributed by atoms with Gasteiger partial charge in [0.1, 0.15) is 5.75 Å². The molecule has 6 rings (SSSR count). The van der Waals surface area contributed by atoms with E-state index in [2.05, 4.69) is 44.5 Å². The number of morpholine rings is 1. The normalized spacial score (nSPS) is 16.4. The van der Waals surface area contributed by atoms with Crippen molar-refractivity contribution in [2.24, 2.45) is 0 Å². The number of aryl methyl sites for hydroxylation is 1. The third-order valence-corrected chi connectivity index (χ3v) is 7.46. The first kappa shape index (κ1) is 23.4. The molecule has 2 fully saturated rings. The second-order valence-corrected chi connectivity index (χ2v) is 9.84. The molecule has 1 saturated carbocycles. The van der Waals surface area contributed by atoms with Crippen molar-refractivity contribution in [3.05, 3.63) is 83.8 Å². The van der Waals surface area contributed by atoms with Crippen LogP contribution in [-0.4, -0.2) is 49.3 Å². The summed E-state index contributed by atoms with van der Waals surface area (Å²) < 4.78 is 10.9. The maximum Gasteiger partial charge on any atom is 0.252 e. The molecule has 0 unspecified atom stereocenters. The van der Waals surface area contributed by atoms with Gasteiger partial charge in [-0.25, -0.2) is 0 Å². The Hall–Kier alpha value is -3.97. The molecule has 1 amide bonds. The Morgan fingerprint density at radius 1 is 1.05 bits per heavy atom. The summed E-state index contributed by atoms with van der Waals surface area (Å²) in [4.78, 5) is 25.0. The van der Waals surface area contributed by atoms with Crippen LogP contribution in [0.3, 0.4) is 0 Å². The molecule has 0 spiro atoms. The van der Waals surface area contributed by atoms with Gasteiger partial charge < -0.3 is 19.7 Å². The van der Waals surface area contributed by atoms with E-state index >= 15 is 0 Å². The maximum absolute atomic E-state index is 13.5. The molecule has 3 heterocycles. The number of pyridine rings is 2. The van der Waals surface area contributed by atoms with Crippen molar-refractivity contribution in [2.45, 2.75) is 25.3 Å². The third-order valence-electron chi connectivity index (χ3n) is 7.46. The monoisotopic (exact) mass is 494 g/mol. The summed E-state index contributed by atoms with van der Waals surface area (Å²) >= 11 is 0. The number of ether oxygens (including phenoxy) is 2. The molecule has 2 aliphatic rings. The molecule has 0 bridgehead atoms. The topological polar surface area (TPSA) is 76.6 Å². The number of methoxy groups -OCH3 is 1. The predicted molar refractivity (Wildman–Crippen MR) is 144 cm³/mol. The smallest absolute Gasteiger partial charge is 0.252 e. The van der Waals surface area contributed by atoms with Gasteiger partial charge in [-0.3, -0.25) is 14.8 Å². The van der Waals surface area contributed by atoms with Crippen LogP contribution in [0.25, 0.3) is 22.0 Å². The van der Waals surface area contributed by atoms with Crippen LogP contribution in [0.1, 0.15) is 34.3 Å². The van der Waals surface area contributed by atoms with Crippen molar-refractivity contribution in [1.29, 1.82) is 0 Å². The fraction of sp³-hybridized carbons (Fsp3) is 0.300. The number of carbonyl (C=O) groups excluding carboxylic acids is 1. The van der Waals surface area contributed by atoms with Crippen LogP contribution in [0.15, 0.2) is 67.1 Å². The second kappa shape index (κ2) is 9.48. The van der Waals surface area contributed by atoms with Crippen LogP contribution in [0.2, 0.25) is 0 Å². The molecule has 7 heteroatoms. The number of aromatic nitrogens is 2. The highest BCUT2D eigenvalue weighted by Gasteiger charge is 2.47. The van der Waals surface area contributed by atoms with Crippen LogP contribution >= 0.6 is 0 Å². The Balaban J connectivity index is 1.39. The number of nitrogens with one attached hydrogen (secondary N) is 1. The van der Waals surface area contributed by atoms with E-state index in [9.17, 15) is 4.79 Å². The number of hydrogen-bond acceptors (Lipinski definition) is 6. The van der Waals surface area contributed by atoms with Gasteiger partial charge in [-0.2, -0.15) is 0 Å². The molecule has 2 aromatic carbocycles. The summed E-state index contributed by atoms with van der Waals surface area (Å²) in [6.07, 6.45) is 7.38. The number of carbonyl (C=O) groups is 1. The zero-order valence-corrected chi connectivity index (χ0v) is 21.2. The van der Waals surface area contributed by atoms with Gasteiger partial charge in [0.2, 0.25) is 0 Å². The van der Waals surface area contributed by atoms with Crippen molar-refractivity contribution in [2.75, 3.05) is 38.3 Å². The summed E-state index contributed by atoms with van der Waals surface area (Å²) in [5.41, 5.74) is 6.28. The van der Waals surface area contributed by atoms with E-state index in [1.807, 2.05) is 43.7 Å². The van der Waals surface area contributed by atoms with Crippen LogP contribution in [0.4, 0.5) is 5.69 Å². The Morgan fingerprint density at radius 2 is 1.89 bits per heavy atom. The van der Waals surface area contributed by atoms with Crippen LogP contribution in [0, 0.1) is 6.92 Å². The van der Waals surface area contributed by atoms with Gasteiger partial charge in [-0.05, 0) is 72.9 Å². The number of anilines is 1. The molecule has 2 aromatic heterocycles. The van der Waals surface area contributed by atoms with Gasteiger partial charge in [0.05, 0.1) is 43.3 Å². The number of benzene rings is 2. The number of fused-ring (bicyclic) bond motifs is 1. The molecule has 1 aliphatic carbocycles. The zero-order valence-electron chi connectivity index (χ0n) is 21.2. The van der Waals surface area contributed by atoms with Gasteiger partial charge in [0.25, 0.3) is 5.91 Å². The Bertz CT molecular complexity index is 1480. The van der Waals surface area contributed by atoms with Crippen LogP contribution < -0.4 is 15.0 Å². The molecule has 1 saturated heterocycles. The summed E-state index contributed by atoms with van der Waals surface area (Å²) in [6.45, 7) is 5.11. The van der Waals surface area contributed by atoms with Crippen molar-refractivity contribution >= 4 is 22.5 Å². The molecule has 37 heavy (non-hydrogen) atoms. The summed E-state index contributed by atoms with van der Waals surface area (Å²) in [6, 6.07) is 16.1. The van der Waals surface area contributed by atoms with Crippen molar-refractivity contribution < 1.29 is 14.3 Å². The summed E-state index contributed by atoms with van der Waals surface area (Å²) in [7, 11) is 1.61. The lowest BCUT2D eigenvalue weighted by atomic mass is 9.93. The largest absolute Gasteiger partial charge is 0.497 e. The molecule has 1 aliphatic heterocycles. The lowest BCUT2D eigenvalue weighted by Gasteiger charge is -2.28. The van der Waals surface area contributed by atoms with Gasteiger partial charge in [-0.15, -0.1) is 0 Å². The van der Waals surface area contributed by atoms with Crippen molar-refractivity contribution in [3.63, 3.8) is 0 Å². The second-order valence-electron chi connectivity index (χ2n) is 9.84. The fourth-order valence-electron chi connectivity index (χ4n) is 5.17. The molecular formula is C30H30N4O3. The molecule has 0 atom stereocenters. The summed E-state index contributed by atoms with van der Waals surface area (Å²) in [5.74, 6) is 0.581. The Morgan fingerprint density at radius 3 is 2.68 bits per heavy atom. The maximum atomic E-state index is 13.5. The van der Waals surface area contributed by atoms with Gasteiger partial charge in [0, 0.05) is 42.0 Å². The van der Waals surface area contributed by atoms with Crippen molar-refractivity contribution in [3.8, 4) is 16.9 Å². The number of nitrogens with zero attached hydrogens (tertiary/aromatic N) is 3. The van der Waals surface area contributed by atoms with Crippen molar-refractivity contribution in [1.82, 2.24) is 15.3 Å². The number of hydrogen-bond donors (Lipinski definition) is 1. The average Bonchev–Trinajstić information content (AvgIpc) is 3.73. The molecule has 4 aromatic rings. The van der Waals surface area contributed by atoms with E-state index in [-0.39, 0.29) is 5.91 Å². The SMILES string of the molecule is COc1ccc(C)c(C(=O)NC2(c3cc(-c4cncc(N5CCOCC5)c4)cc4ncccc34)CC2)c1. The van der Waals surface area contributed by atoms with E-state index in [1.165, 1.54) is 0 Å². The number of amides is 1. The molecule has 1 N–H and O–H groups in total. The molecular weight excluding hydrogens is 464 g/mol. The molecule has 0 radical (unpaired) electrons. The van der Waals surface area contributed by atoms with E-state index in [4.69, 9.17) is 9.47 Å². The average molecular weight is 495 g/mol. The van der Waals surface area contributed by atoms with Gasteiger partial charge in [-0.1, -0.05) is 12.1 Å². The van der Waals surface area contributed by atoms with Gasteiger partial charge in [0.15, 0.2) is 0 Å². The highest BCUT2D eigenvalue weighted by Crippen LogP contribution is 2.49. The van der Waals surface area contributed by atoms with Crippen LogP contribution in [-0.2, 0) is 10.3 Å². The summed E-state index contributed by atoms with van der Waals surface area (Å²) in [5, 5.41) is 4.42. The first-order chi connectivity index (χ1) is 18.1. The van der Waals surface area contributed by atoms with E-state index in [1.54, 1.807) is 13.2 Å². The zero-order chi connectivity index (χ0) is 25.4. The fourth-order valence-corrected chi connectivity index (χ4v) is 5.17. The lowest BCUT2D eigenvalue weighted by Crippen LogP contribution is -2.36. The minimum Gasteiger partial charge on any atom is -0.497 e. The molecule has 7 nitrogen and oxygen atoms in total. The first-order valence-electron chi connectivity index (χ1n) is 12.7. The standard InChI is InChI=1S/C30H30N4O3/c1-20-5-6-24(36-2)17-26(20)29(35)33-30(7-8-30)27-15-21(16-28-25(27)4-3-9-32-28)22-14-23(19-31-18-22)34-10-12-37-13-11-34/h3-6,9,14-19H,7-8,10-13H2,1-2H3,(H,33,35). The first-order valence-corrected chi connectivity index (χ1v) is 12.7. The minimum absolute atomic E-state index is 0.0904. The Kier molecular flexibility index (Phi) is 6.00. The minimum atomic E-state index is -0.431. The van der Waals surface area contributed by atoms with Crippen LogP contribution in [0.5, 0.6) is 5.75 Å². The van der Waals surface area contributed by atoms with E-state index in [0.29, 0.717) is 11.3 Å². The number of rotatable bonds is 6. The quantitative estimate of drug-likeness (QED) is 0.412.